The van der Waals surface area contributed by atoms with Crippen molar-refractivity contribution in [3.05, 3.63) is 0 Å². The Hall–Kier alpha value is -0.460. The fourth-order valence-electron chi connectivity index (χ4n) is 1.41. The van der Waals surface area contributed by atoms with Crippen LogP contribution in [0.3, 0.4) is 0 Å². The van der Waals surface area contributed by atoms with Crippen LogP contribution in [0.5, 0.6) is 0 Å². The monoisotopic (exact) mass is 325 g/mol. The average Bonchev–Trinajstić information content (AvgIpc) is 2.68. The lowest BCUT2D eigenvalue weighted by atomic mass is 10.4. The first kappa shape index (κ1) is 16.6. The average molecular weight is 325 g/mol. The van der Waals surface area contributed by atoms with Crippen molar-refractivity contribution in [3.63, 3.8) is 0 Å². The van der Waals surface area contributed by atoms with Crippen molar-refractivity contribution in [3.8, 4) is 0 Å². The molecule has 1 aliphatic rings. The Morgan fingerprint density at radius 1 is 1.32 bits per heavy atom. The van der Waals surface area contributed by atoms with Gasteiger partial charge in [0.1, 0.15) is 0 Å². The van der Waals surface area contributed by atoms with E-state index in [9.17, 15) is 18.9 Å². The van der Waals surface area contributed by atoms with E-state index in [1.54, 1.807) is 21.6 Å². The van der Waals surface area contributed by atoms with Gasteiger partial charge in [-0.1, -0.05) is 21.6 Å². The third kappa shape index (κ3) is 6.01. The molecule has 1 atom stereocenters. The minimum absolute atomic E-state index is 0.0290. The van der Waals surface area contributed by atoms with Crippen molar-refractivity contribution in [2.24, 2.45) is 0 Å². The lowest BCUT2D eigenvalue weighted by Gasteiger charge is -2.12. The Bertz CT molecular complexity index is 374. The molecule has 6 nitrogen and oxygen atoms in total. The Kier molecular flexibility index (Phi) is 7.56. The molecule has 0 bridgehead atoms. The summed E-state index contributed by atoms with van der Waals surface area (Å²) in [5.41, 5.74) is 0. The number of hydroxylamine groups is 2. The van der Waals surface area contributed by atoms with Gasteiger partial charge in [0, 0.05) is 30.9 Å². The second-order valence-corrected chi connectivity index (χ2v) is 8.58. The number of carbonyl (C=O) groups excluding carboxylic acids is 3. The van der Waals surface area contributed by atoms with E-state index in [1.165, 1.54) is 0 Å². The molecule has 0 aliphatic carbocycles. The van der Waals surface area contributed by atoms with E-state index in [4.69, 9.17) is 0 Å². The molecule has 9 heteroatoms. The molecule has 0 N–H and O–H groups in total. The summed E-state index contributed by atoms with van der Waals surface area (Å²) < 4.78 is 11.6. The minimum atomic E-state index is -1.79. The summed E-state index contributed by atoms with van der Waals surface area (Å²) in [7, 11) is 1.45. The topological polar surface area (TPSA) is 80.8 Å². The molecule has 0 saturated carbocycles. The predicted octanol–water partition coefficient (Wildman–Crippen LogP) is 1.55. The van der Waals surface area contributed by atoms with Crippen molar-refractivity contribution in [1.82, 2.24) is 5.06 Å². The zero-order chi connectivity index (χ0) is 14.3. The lowest BCUT2D eigenvalue weighted by Crippen LogP contribution is -2.32. The number of hydrogen-bond donors (Lipinski definition) is 0. The highest BCUT2D eigenvalue weighted by Gasteiger charge is 2.32. The van der Waals surface area contributed by atoms with E-state index in [-0.39, 0.29) is 25.4 Å². The van der Waals surface area contributed by atoms with E-state index in [2.05, 4.69) is 4.84 Å². The van der Waals surface area contributed by atoms with E-state index >= 15 is 0 Å². The highest BCUT2D eigenvalue weighted by Crippen LogP contribution is 2.26. The Morgan fingerprint density at radius 3 is 2.53 bits per heavy atom. The van der Waals surface area contributed by atoms with Crippen LogP contribution >= 0.6 is 29.4 Å². The largest absolute Gasteiger partial charge is 0.333 e. The second-order valence-electron chi connectivity index (χ2n) is 3.82. The summed E-state index contributed by atoms with van der Waals surface area (Å²) in [4.78, 5) is 38.5. The molecule has 1 aliphatic heterocycles. The van der Waals surface area contributed by atoms with Gasteiger partial charge >= 0.3 is 5.97 Å². The summed E-state index contributed by atoms with van der Waals surface area (Å²) in [5, 5.41) is 0.517. The third-order valence-corrected chi connectivity index (χ3v) is 6.18. The van der Waals surface area contributed by atoms with Gasteiger partial charge in [0.2, 0.25) is 0 Å². The number of nitrogens with zero attached hydrogens (tertiary/aromatic N) is 1. The standard InChI is InChI=1S/C10H16NO5PS2/c1-18-19-7-6-17(15)5-4-10(14)16-11-8(12)2-3-9(11)13/h17H,2-7H2,1H3. The van der Waals surface area contributed by atoms with Crippen LogP contribution < -0.4 is 0 Å². The van der Waals surface area contributed by atoms with Crippen LogP contribution in [0, 0.1) is 0 Å². The molecule has 0 aromatic heterocycles. The van der Waals surface area contributed by atoms with Gasteiger partial charge in [0.25, 0.3) is 11.8 Å². The van der Waals surface area contributed by atoms with Crippen molar-refractivity contribution in [2.45, 2.75) is 19.3 Å². The van der Waals surface area contributed by atoms with Crippen LogP contribution in [0.1, 0.15) is 19.3 Å². The molecule has 19 heavy (non-hydrogen) atoms. The minimum Gasteiger partial charge on any atom is -0.330 e. The van der Waals surface area contributed by atoms with Crippen molar-refractivity contribution in [1.29, 1.82) is 0 Å². The molecule has 1 saturated heterocycles. The Balaban J connectivity index is 2.22. The maximum absolute atomic E-state index is 11.6. The normalized spacial score (nSPS) is 16.8. The maximum Gasteiger partial charge on any atom is 0.333 e. The van der Waals surface area contributed by atoms with Crippen LogP contribution in [0.4, 0.5) is 0 Å². The molecule has 108 valence electrons. The van der Waals surface area contributed by atoms with Crippen molar-refractivity contribution < 1.29 is 23.8 Å². The number of imide groups is 1. The first-order valence-electron chi connectivity index (χ1n) is 5.78. The zero-order valence-corrected chi connectivity index (χ0v) is 13.2. The highest BCUT2D eigenvalue weighted by molar-refractivity contribution is 8.76. The maximum atomic E-state index is 11.6. The van der Waals surface area contributed by atoms with Crippen molar-refractivity contribution >= 4 is 47.2 Å². The summed E-state index contributed by atoms with van der Waals surface area (Å²) in [5.74, 6) is -0.888. The van der Waals surface area contributed by atoms with Crippen LogP contribution in [0.15, 0.2) is 0 Å². The Morgan fingerprint density at radius 2 is 1.95 bits per heavy atom. The summed E-state index contributed by atoms with van der Waals surface area (Å²) in [6, 6.07) is 0. The van der Waals surface area contributed by atoms with Gasteiger partial charge in [-0.25, -0.2) is 4.79 Å². The number of rotatable bonds is 8. The zero-order valence-electron chi connectivity index (χ0n) is 10.5. The van der Waals surface area contributed by atoms with Gasteiger partial charge in [-0.3, -0.25) is 9.59 Å². The molecule has 0 spiro atoms. The first-order valence-corrected chi connectivity index (χ1v) is 10.3. The second kappa shape index (κ2) is 8.66. The van der Waals surface area contributed by atoms with Gasteiger partial charge in [-0.05, 0) is 6.26 Å². The van der Waals surface area contributed by atoms with E-state index < -0.39 is 25.6 Å². The fraction of sp³-hybridized carbons (Fsp3) is 0.700. The number of amides is 2. The van der Waals surface area contributed by atoms with Gasteiger partial charge in [-0.15, -0.1) is 5.06 Å². The molecule has 1 heterocycles. The summed E-state index contributed by atoms with van der Waals surface area (Å²) in [6.07, 6.45) is 2.92. The molecule has 1 unspecified atom stereocenters. The number of carbonyl (C=O) groups is 3. The molecule has 0 radical (unpaired) electrons. The van der Waals surface area contributed by atoms with E-state index in [0.717, 1.165) is 5.75 Å². The van der Waals surface area contributed by atoms with Gasteiger partial charge in [-0.2, -0.15) is 0 Å². The van der Waals surface area contributed by atoms with E-state index in [0.29, 0.717) is 11.2 Å². The molecule has 0 aromatic carbocycles. The van der Waals surface area contributed by atoms with Crippen LogP contribution in [-0.2, 0) is 23.8 Å². The lowest BCUT2D eigenvalue weighted by molar-refractivity contribution is -0.197. The molecular formula is C10H16NO5PS2. The first-order chi connectivity index (χ1) is 9.04. The van der Waals surface area contributed by atoms with Gasteiger partial charge in [0.05, 0.1) is 14.2 Å². The van der Waals surface area contributed by atoms with Crippen molar-refractivity contribution in [2.75, 3.05) is 24.3 Å². The molecule has 0 aromatic rings. The Labute approximate surface area is 120 Å². The van der Waals surface area contributed by atoms with Crippen LogP contribution in [0.25, 0.3) is 0 Å². The fourth-order valence-corrected chi connectivity index (χ4v) is 4.80. The summed E-state index contributed by atoms with van der Waals surface area (Å²) in [6.45, 7) is 0. The molecule has 1 rings (SSSR count). The van der Waals surface area contributed by atoms with Crippen LogP contribution in [0.2, 0.25) is 0 Å². The predicted molar refractivity (Wildman–Crippen MR) is 76.5 cm³/mol. The molecule has 1 fully saturated rings. The third-order valence-electron chi connectivity index (χ3n) is 2.39. The molecule has 2 amide bonds. The smallest absolute Gasteiger partial charge is 0.330 e. The number of hydrogen-bond acceptors (Lipinski definition) is 7. The SMILES string of the molecule is CSSCC[PH](=O)CCC(=O)ON1C(=O)CCC1=O. The molecular weight excluding hydrogens is 309 g/mol. The van der Waals surface area contributed by atoms with Gasteiger partial charge in [0.15, 0.2) is 0 Å². The summed E-state index contributed by atoms with van der Waals surface area (Å²) >= 11 is 0. The highest BCUT2D eigenvalue weighted by atomic mass is 33.1. The van der Waals surface area contributed by atoms with Gasteiger partial charge < -0.3 is 9.40 Å². The van der Waals surface area contributed by atoms with E-state index in [1.807, 2.05) is 6.26 Å². The van der Waals surface area contributed by atoms with Crippen LogP contribution in [-0.4, -0.2) is 47.2 Å². The quantitative estimate of drug-likeness (QED) is 0.290.